The third-order valence-corrected chi connectivity index (χ3v) is 5.21. The number of carboxylic acids is 2. The van der Waals surface area contributed by atoms with Crippen molar-refractivity contribution in [2.24, 2.45) is 38.7 Å². The van der Waals surface area contributed by atoms with Crippen LogP contribution in [-0.2, 0) is 24.0 Å². The van der Waals surface area contributed by atoms with Crippen LogP contribution in [0.3, 0.4) is 0 Å². The van der Waals surface area contributed by atoms with E-state index in [1.165, 1.54) is 0 Å². The number of hydrogen-bond acceptors (Lipinski definition) is 9. The van der Waals surface area contributed by atoms with Crippen LogP contribution in [0.4, 0.5) is 0 Å². The molecule has 0 aliphatic carbocycles. The van der Waals surface area contributed by atoms with Gasteiger partial charge in [0.25, 0.3) is 0 Å². The smallest absolute Gasteiger partial charge is 0.328 e. The number of aliphatic carboxylic acids is 2. The first-order valence-corrected chi connectivity index (χ1v) is 12.1. The second-order valence-corrected chi connectivity index (χ2v) is 8.62. The van der Waals surface area contributed by atoms with E-state index in [4.69, 9.17) is 33.8 Å². The molecule has 5 atom stereocenters. The lowest BCUT2D eigenvalue weighted by Crippen LogP contribution is -2.58. The van der Waals surface area contributed by atoms with Crippen LogP contribution in [-0.4, -0.2) is 100 Å². The summed E-state index contributed by atoms with van der Waals surface area (Å²) in [6.45, 7) is 1.48. The fourth-order valence-corrected chi connectivity index (χ4v) is 3.15. The first kappa shape index (κ1) is 34.8. The molecule has 0 saturated carbocycles. The summed E-state index contributed by atoms with van der Waals surface area (Å²) in [5.41, 5.74) is 27.0. The van der Waals surface area contributed by atoms with Crippen molar-refractivity contribution in [2.45, 2.75) is 75.7 Å². The van der Waals surface area contributed by atoms with Crippen LogP contribution in [0.25, 0.3) is 0 Å². The summed E-state index contributed by atoms with van der Waals surface area (Å²) in [5, 5.41) is 34.8. The van der Waals surface area contributed by atoms with Crippen molar-refractivity contribution in [1.82, 2.24) is 16.0 Å². The molecule has 0 aromatic rings. The molecule has 0 spiro atoms. The first-order chi connectivity index (χ1) is 18.1. The predicted octanol–water partition coefficient (Wildman–Crippen LogP) is -4.79. The summed E-state index contributed by atoms with van der Waals surface area (Å²) in [6.07, 6.45) is -1.65. The van der Waals surface area contributed by atoms with E-state index in [1.807, 2.05) is 0 Å². The van der Waals surface area contributed by atoms with Crippen LogP contribution in [0.15, 0.2) is 9.98 Å². The highest BCUT2D eigenvalue weighted by Gasteiger charge is 2.32. The summed E-state index contributed by atoms with van der Waals surface area (Å²) < 4.78 is 0. The highest BCUT2D eigenvalue weighted by atomic mass is 16.4. The molecule has 222 valence electrons. The Morgan fingerprint density at radius 1 is 0.744 bits per heavy atom. The molecule has 5 unspecified atom stereocenters. The molecular weight excluding hydrogens is 520 g/mol. The quantitative estimate of drug-likeness (QED) is 0.0401. The third-order valence-electron chi connectivity index (χ3n) is 5.21. The second kappa shape index (κ2) is 18.1. The standard InChI is InChI=1S/C21H40N10O8/c1-10(32)15(19(38)39)31-18(37)13(6-7-14(33)34)30-17(36)12(5-3-9-28-21(25)26)29-16(35)11(22)4-2-8-27-20(23)24/h10-13,15,32H,2-9,22H2,1H3,(H,29,35)(H,30,36)(H,31,37)(H,33,34)(H,38,39)(H4,23,24,27)(H4,25,26,28). The summed E-state index contributed by atoms with van der Waals surface area (Å²) in [7, 11) is 0. The Morgan fingerprint density at radius 3 is 1.67 bits per heavy atom. The topological polar surface area (TPSA) is 337 Å². The predicted molar refractivity (Wildman–Crippen MR) is 140 cm³/mol. The fourth-order valence-electron chi connectivity index (χ4n) is 3.15. The molecule has 0 radical (unpaired) electrons. The summed E-state index contributed by atoms with van der Waals surface area (Å²) in [6, 6.07) is -5.48. The van der Waals surface area contributed by atoms with E-state index < -0.39 is 72.8 Å². The molecule has 3 amide bonds. The van der Waals surface area contributed by atoms with Gasteiger partial charge >= 0.3 is 11.9 Å². The van der Waals surface area contributed by atoms with Gasteiger partial charge in [0.15, 0.2) is 18.0 Å². The molecule has 0 aromatic carbocycles. The number of hydrogen-bond donors (Lipinski definition) is 11. The first-order valence-electron chi connectivity index (χ1n) is 12.1. The molecule has 16 N–H and O–H groups in total. The molecule has 0 heterocycles. The van der Waals surface area contributed by atoms with Gasteiger partial charge in [-0.3, -0.25) is 29.2 Å². The number of aliphatic hydroxyl groups is 1. The van der Waals surface area contributed by atoms with Gasteiger partial charge in [0, 0.05) is 19.5 Å². The van der Waals surface area contributed by atoms with Crippen LogP contribution in [0.5, 0.6) is 0 Å². The molecule has 0 saturated heterocycles. The lowest BCUT2D eigenvalue weighted by Gasteiger charge is -2.25. The van der Waals surface area contributed by atoms with Gasteiger partial charge in [-0.2, -0.15) is 0 Å². The van der Waals surface area contributed by atoms with Crippen molar-refractivity contribution in [1.29, 1.82) is 0 Å². The minimum atomic E-state index is -1.71. The third kappa shape index (κ3) is 15.6. The Morgan fingerprint density at radius 2 is 1.21 bits per heavy atom. The fraction of sp³-hybridized carbons (Fsp3) is 0.667. The number of carboxylic acid groups (broad SMARTS) is 2. The van der Waals surface area contributed by atoms with Crippen molar-refractivity contribution < 1.29 is 39.3 Å². The van der Waals surface area contributed by atoms with Gasteiger partial charge < -0.3 is 59.9 Å². The Balaban J connectivity index is 5.63. The van der Waals surface area contributed by atoms with Gasteiger partial charge in [0.1, 0.15) is 12.1 Å². The number of rotatable bonds is 19. The number of guanidine groups is 2. The van der Waals surface area contributed by atoms with Gasteiger partial charge in [-0.05, 0) is 39.0 Å². The van der Waals surface area contributed by atoms with Crippen LogP contribution in [0.1, 0.15) is 45.4 Å². The number of carbonyl (C=O) groups is 5. The number of aliphatic imine (C=N–C) groups is 2. The molecule has 0 aliphatic rings. The monoisotopic (exact) mass is 560 g/mol. The van der Waals surface area contributed by atoms with Crippen LogP contribution < -0.4 is 44.6 Å². The van der Waals surface area contributed by atoms with Crippen molar-refractivity contribution >= 4 is 41.6 Å². The maximum Gasteiger partial charge on any atom is 0.328 e. The Hall–Kier alpha value is -4.19. The number of nitrogens with two attached hydrogens (primary N) is 5. The van der Waals surface area contributed by atoms with Crippen molar-refractivity contribution in [3.8, 4) is 0 Å². The highest BCUT2D eigenvalue weighted by Crippen LogP contribution is 2.06. The number of carbonyl (C=O) groups excluding carboxylic acids is 3. The maximum absolute atomic E-state index is 13.1. The average Bonchev–Trinajstić information content (AvgIpc) is 2.83. The molecular formula is C21H40N10O8. The molecule has 0 aliphatic heterocycles. The van der Waals surface area contributed by atoms with Crippen LogP contribution in [0, 0.1) is 0 Å². The molecule has 18 nitrogen and oxygen atoms in total. The number of amides is 3. The second-order valence-electron chi connectivity index (χ2n) is 8.62. The van der Waals surface area contributed by atoms with Crippen LogP contribution in [0.2, 0.25) is 0 Å². The zero-order valence-corrected chi connectivity index (χ0v) is 21.7. The largest absolute Gasteiger partial charge is 0.481 e. The van der Waals surface area contributed by atoms with Crippen molar-refractivity contribution in [3.05, 3.63) is 0 Å². The zero-order valence-electron chi connectivity index (χ0n) is 21.7. The van der Waals surface area contributed by atoms with E-state index in [0.717, 1.165) is 6.92 Å². The van der Waals surface area contributed by atoms with E-state index in [1.54, 1.807) is 0 Å². The minimum Gasteiger partial charge on any atom is -0.481 e. The molecule has 39 heavy (non-hydrogen) atoms. The van der Waals surface area contributed by atoms with E-state index in [-0.39, 0.29) is 44.3 Å². The highest BCUT2D eigenvalue weighted by molar-refractivity contribution is 5.94. The number of aliphatic hydroxyl groups excluding tert-OH is 1. The molecule has 0 aromatic heterocycles. The van der Waals surface area contributed by atoms with Crippen molar-refractivity contribution in [3.63, 3.8) is 0 Å². The molecule has 18 heteroatoms. The van der Waals surface area contributed by atoms with Gasteiger partial charge in [-0.15, -0.1) is 0 Å². The SMILES string of the molecule is CC(O)C(NC(=O)C(CCC(=O)O)NC(=O)C(CCCN=C(N)N)NC(=O)C(N)CCCN=C(N)N)C(=O)O. The van der Waals surface area contributed by atoms with Gasteiger partial charge in [0.05, 0.1) is 12.1 Å². The lowest BCUT2D eigenvalue weighted by atomic mass is 10.1. The van der Waals surface area contributed by atoms with E-state index in [0.29, 0.717) is 6.42 Å². The Labute approximate surface area is 224 Å². The van der Waals surface area contributed by atoms with E-state index >= 15 is 0 Å². The normalized spacial score (nSPS) is 14.4. The summed E-state index contributed by atoms with van der Waals surface area (Å²) >= 11 is 0. The van der Waals surface area contributed by atoms with Gasteiger partial charge in [-0.1, -0.05) is 0 Å². The van der Waals surface area contributed by atoms with E-state index in [2.05, 4.69) is 25.9 Å². The Kier molecular flexibility index (Phi) is 16.2. The van der Waals surface area contributed by atoms with Crippen molar-refractivity contribution in [2.75, 3.05) is 13.1 Å². The number of nitrogens with zero attached hydrogens (tertiary/aromatic N) is 2. The Bertz CT molecular complexity index is 903. The summed E-state index contributed by atoms with van der Waals surface area (Å²) in [4.78, 5) is 68.4. The minimum absolute atomic E-state index is 0.00771. The van der Waals surface area contributed by atoms with Gasteiger partial charge in [0.2, 0.25) is 17.7 Å². The maximum atomic E-state index is 13.1. The lowest BCUT2D eigenvalue weighted by molar-refractivity contribution is -0.145. The van der Waals surface area contributed by atoms with Gasteiger partial charge in [-0.25, -0.2) is 4.79 Å². The molecule has 0 rings (SSSR count). The molecule has 0 bridgehead atoms. The zero-order chi connectivity index (χ0) is 30.1. The molecule has 0 fully saturated rings. The average molecular weight is 561 g/mol. The summed E-state index contributed by atoms with van der Waals surface area (Å²) in [5.74, 6) is -5.71. The van der Waals surface area contributed by atoms with E-state index in [9.17, 15) is 34.2 Å². The van der Waals surface area contributed by atoms with Crippen LogP contribution >= 0.6 is 0 Å². The number of nitrogens with one attached hydrogen (secondary N) is 3.